The number of amides is 1. The molecule has 0 aromatic rings. The van der Waals surface area contributed by atoms with Crippen LogP contribution in [-0.4, -0.2) is 31.7 Å². The summed E-state index contributed by atoms with van der Waals surface area (Å²) in [5.41, 5.74) is 5.87. The van der Waals surface area contributed by atoms with Crippen molar-refractivity contribution in [3.8, 4) is 0 Å². The fourth-order valence-electron chi connectivity index (χ4n) is 1.66. The van der Waals surface area contributed by atoms with Crippen LogP contribution in [0.5, 0.6) is 0 Å². The molecule has 0 saturated carbocycles. The maximum Gasteiger partial charge on any atom is 0.237 e. The number of carbonyl (C=O) groups excluding carboxylic acids is 1. The summed E-state index contributed by atoms with van der Waals surface area (Å²) in [6.45, 7) is 4.22. The molecule has 1 atom stereocenters. The highest BCUT2D eigenvalue weighted by molar-refractivity contribution is 5.81. The lowest BCUT2D eigenvalue weighted by Crippen LogP contribution is -2.47. The van der Waals surface area contributed by atoms with Gasteiger partial charge in [0.05, 0.1) is 6.04 Å². The molecule has 0 spiro atoms. The number of hydrogen-bond acceptors (Lipinski definition) is 3. The Kier molecular flexibility index (Phi) is 4.90. The third-order valence-corrected chi connectivity index (χ3v) is 2.63. The summed E-state index contributed by atoms with van der Waals surface area (Å²) in [4.78, 5) is 11.5. The lowest BCUT2D eigenvalue weighted by molar-refractivity contribution is -0.124. The van der Waals surface area contributed by atoms with Crippen molar-refractivity contribution in [1.29, 1.82) is 0 Å². The average molecular weight is 200 g/mol. The maximum absolute atomic E-state index is 11.5. The molecular formula is C10H20N2O2. The molecule has 1 aliphatic rings. The number of rotatable bonds is 4. The molecule has 1 unspecified atom stereocenters. The van der Waals surface area contributed by atoms with Crippen LogP contribution in [0.25, 0.3) is 0 Å². The minimum absolute atomic E-state index is 0.0150. The minimum Gasteiger partial charge on any atom is -0.381 e. The molecule has 3 N–H and O–H groups in total. The van der Waals surface area contributed by atoms with Crippen LogP contribution in [0.3, 0.4) is 0 Å². The van der Waals surface area contributed by atoms with E-state index in [-0.39, 0.29) is 11.9 Å². The maximum atomic E-state index is 11.5. The number of hydrogen-bond donors (Lipinski definition) is 2. The highest BCUT2D eigenvalue weighted by atomic mass is 16.5. The van der Waals surface area contributed by atoms with Gasteiger partial charge in [0.25, 0.3) is 0 Å². The molecule has 0 aromatic carbocycles. The van der Waals surface area contributed by atoms with Crippen molar-refractivity contribution in [2.75, 3.05) is 19.8 Å². The van der Waals surface area contributed by atoms with E-state index in [9.17, 15) is 4.79 Å². The smallest absolute Gasteiger partial charge is 0.237 e. The highest BCUT2D eigenvalue weighted by Crippen LogP contribution is 2.17. The van der Waals surface area contributed by atoms with E-state index in [0.29, 0.717) is 5.92 Å². The van der Waals surface area contributed by atoms with Crippen LogP contribution in [0, 0.1) is 5.92 Å². The summed E-state index contributed by atoms with van der Waals surface area (Å²) >= 11 is 0. The molecule has 0 bridgehead atoms. The Bertz CT molecular complexity index is 179. The van der Waals surface area contributed by atoms with Gasteiger partial charge in [-0.2, -0.15) is 0 Å². The largest absolute Gasteiger partial charge is 0.381 e. The zero-order valence-electron chi connectivity index (χ0n) is 8.79. The molecule has 1 rings (SSSR count). The first-order valence-electron chi connectivity index (χ1n) is 5.36. The predicted octanol–water partition coefficient (Wildman–Crippen LogP) is 0.267. The first-order valence-corrected chi connectivity index (χ1v) is 5.36. The van der Waals surface area contributed by atoms with Crippen molar-refractivity contribution >= 4 is 5.91 Å². The molecule has 4 heteroatoms. The second-order valence-corrected chi connectivity index (χ2v) is 3.77. The van der Waals surface area contributed by atoms with Gasteiger partial charge in [-0.05, 0) is 25.2 Å². The van der Waals surface area contributed by atoms with Gasteiger partial charge >= 0.3 is 0 Å². The van der Waals surface area contributed by atoms with E-state index in [1.54, 1.807) is 0 Å². The summed E-state index contributed by atoms with van der Waals surface area (Å²) in [5, 5.41) is 2.82. The quantitative estimate of drug-likeness (QED) is 0.684. The second kappa shape index (κ2) is 5.98. The Morgan fingerprint density at radius 2 is 2.21 bits per heavy atom. The minimum atomic E-state index is -0.356. The summed E-state index contributed by atoms with van der Waals surface area (Å²) in [5.74, 6) is 0.277. The lowest BCUT2D eigenvalue weighted by Gasteiger charge is -2.26. The van der Waals surface area contributed by atoms with Gasteiger partial charge in [-0.3, -0.25) is 4.79 Å². The van der Waals surface area contributed by atoms with Gasteiger partial charge in [-0.25, -0.2) is 0 Å². The van der Waals surface area contributed by atoms with Gasteiger partial charge in [-0.15, -0.1) is 0 Å². The molecule has 1 saturated heterocycles. The van der Waals surface area contributed by atoms with Crippen molar-refractivity contribution in [3.05, 3.63) is 0 Å². The molecule has 0 aliphatic carbocycles. The number of ether oxygens (including phenoxy) is 1. The fraction of sp³-hybridized carbons (Fsp3) is 0.900. The van der Waals surface area contributed by atoms with Gasteiger partial charge in [-0.1, -0.05) is 6.92 Å². The van der Waals surface area contributed by atoms with Crippen LogP contribution >= 0.6 is 0 Å². The molecule has 1 amide bonds. The van der Waals surface area contributed by atoms with Gasteiger partial charge in [0.1, 0.15) is 0 Å². The molecular weight excluding hydrogens is 180 g/mol. The second-order valence-electron chi connectivity index (χ2n) is 3.77. The topological polar surface area (TPSA) is 64.4 Å². The Morgan fingerprint density at radius 1 is 1.57 bits per heavy atom. The molecule has 82 valence electrons. The van der Waals surface area contributed by atoms with Gasteiger partial charge in [0.2, 0.25) is 5.91 Å². The van der Waals surface area contributed by atoms with E-state index in [4.69, 9.17) is 10.5 Å². The SMILES string of the molecule is CCCNC(=O)C(N)C1CCOCC1. The summed E-state index contributed by atoms with van der Waals surface area (Å²) in [7, 11) is 0. The molecule has 4 nitrogen and oxygen atoms in total. The highest BCUT2D eigenvalue weighted by Gasteiger charge is 2.25. The van der Waals surface area contributed by atoms with Crippen molar-refractivity contribution in [3.63, 3.8) is 0 Å². The summed E-state index contributed by atoms with van der Waals surface area (Å²) in [6.07, 6.45) is 2.76. The summed E-state index contributed by atoms with van der Waals surface area (Å²) < 4.78 is 5.22. The zero-order valence-corrected chi connectivity index (χ0v) is 8.79. The van der Waals surface area contributed by atoms with E-state index < -0.39 is 0 Å². The van der Waals surface area contributed by atoms with Crippen LogP contribution in [0.1, 0.15) is 26.2 Å². The molecule has 0 radical (unpaired) electrons. The number of nitrogens with one attached hydrogen (secondary N) is 1. The third-order valence-electron chi connectivity index (χ3n) is 2.63. The van der Waals surface area contributed by atoms with Crippen molar-refractivity contribution in [2.24, 2.45) is 11.7 Å². The van der Waals surface area contributed by atoms with Gasteiger partial charge in [0, 0.05) is 19.8 Å². The fourth-order valence-corrected chi connectivity index (χ4v) is 1.66. The third kappa shape index (κ3) is 3.27. The van der Waals surface area contributed by atoms with E-state index in [1.807, 2.05) is 6.92 Å². The van der Waals surface area contributed by atoms with Crippen LogP contribution in [-0.2, 0) is 9.53 Å². The van der Waals surface area contributed by atoms with Crippen molar-refractivity contribution in [2.45, 2.75) is 32.2 Å². The van der Waals surface area contributed by atoms with Crippen molar-refractivity contribution in [1.82, 2.24) is 5.32 Å². The number of nitrogens with two attached hydrogens (primary N) is 1. The molecule has 0 aromatic heterocycles. The Labute approximate surface area is 85.2 Å². The Morgan fingerprint density at radius 3 is 2.79 bits per heavy atom. The Balaban J connectivity index is 2.30. The van der Waals surface area contributed by atoms with E-state index >= 15 is 0 Å². The van der Waals surface area contributed by atoms with E-state index in [1.165, 1.54) is 0 Å². The van der Waals surface area contributed by atoms with Crippen LogP contribution in [0.15, 0.2) is 0 Å². The van der Waals surface area contributed by atoms with Gasteiger partial charge < -0.3 is 15.8 Å². The molecule has 14 heavy (non-hydrogen) atoms. The van der Waals surface area contributed by atoms with Crippen LogP contribution < -0.4 is 11.1 Å². The zero-order chi connectivity index (χ0) is 10.4. The first-order chi connectivity index (χ1) is 6.75. The molecule has 1 fully saturated rings. The van der Waals surface area contributed by atoms with Crippen molar-refractivity contribution < 1.29 is 9.53 Å². The normalized spacial score (nSPS) is 20.4. The first kappa shape index (κ1) is 11.5. The molecule has 1 heterocycles. The average Bonchev–Trinajstić information content (AvgIpc) is 2.26. The van der Waals surface area contributed by atoms with E-state index in [0.717, 1.165) is 39.0 Å². The van der Waals surface area contributed by atoms with Crippen LogP contribution in [0.4, 0.5) is 0 Å². The van der Waals surface area contributed by atoms with E-state index in [2.05, 4.69) is 5.32 Å². The predicted molar refractivity (Wildman–Crippen MR) is 54.8 cm³/mol. The number of carbonyl (C=O) groups is 1. The Hall–Kier alpha value is -0.610. The van der Waals surface area contributed by atoms with Crippen LogP contribution in [0.2, 0.25) is 0 Å². The monoisotopic (exact) mass is 200 g/mol. The lowest BCUT2D eigenvalue weighted by atomic mass is 9.92. The standard InChI is InChI=1S/C10H20N2O2/c1-2-5-12-10(13)9(11)8-3-6-14-7-4-8/h8-9H,2-7,11H2,1H3,(H,12,13). The summed E-state index contributed by atoms with van der Waals surface area (Å²) in [6, 6.07) is -0.356. The molecule has 1 aliphatic heterocycles. The van der Waals surface area contributed by atoms with Gasteiger partial charge in [0.15, 0.2) is 0 Å².